The number of rotatable bonds is 4. The van der Waals surface area contributed by atoms with Crippen molar-refractivity contribution in [2.75, 3.05) is 13.2 Å². The molecule has 14 heavy (non-hydrogen) atoms. The zero-order valence-electron chi connectivity index (χ0n) is 9.62. The standard InChI is InChI=1S/C10H14O.C3H8/c1-2-11-9-8-10-6-4-3-5-7-10;1-3-2/h3-7H,2,8-9H2,1H3;3H2,1-2H3. The van der Waals surface area contributed by atoms with Crippen molar-refractivity contribution in [3.63, 3.8) is 0 Å². The van der Waals surface area contributed by atoms with Gasteiger partial charge in [-0.2, -0.15) is 0 Å². The van der Waals surface area contributed by atoms with Crippen molar-refractivity contribution in [3.8, 4) is 0 Å². The van der Waals surface area contributed by atoms with Gasteiger partial charge in [0, 0.05) is 6.61 Å². The van der Waals surface area contributed by atoms with E-state index in [-0.39, 0.29) is 0 Å². The van der Waals surface area contributed by atoms with Gasteiger partial charge in [0.25, 0.3) is 0 Å². The molecule has 1 rings (SSSR count). The van der Waals surface area contributed by atoms with E-state index in [2.05, 4.69) is 38.1 Å². The van der Waals surface area contributed by atoms with E-state index in [0.29, 0.717) is 0 Å². The highest BCUT2D eigenvalue weighted by Crippen LogP contribution is 1.98. The van der Waals surface area contributed by atoms with Gasteiger partial charge in [-0.1, -0.05) is 50.6 Å². The Kier molecular flexibility index (Phi) is 9.66. The van der Waals surface area contributed by atoms with Crippen LogP contribution in [0.3, 0.4) is 0 Å². The fourth-order valence-corrected chi connectivity index (χ4v) is 0.979. The molecule has 1 aromatic rings. The molecule has 0 fully saturated rings. The van der Waals surface area contributed by atoms with E-state index in [4.69, 9.17) is 4.74 Å². The minimum Gasteiger partial charge on any atom is -0.381 e. The second-order valence-corrected chi connectivity index (χ2v) is 3.14. The molecule has 1 heteroatoms. The van der Waals surface area contributed by atoms with Crippen LogP contribution in [0.15, 0.2) is 30.3 Å². The number of ether oxygens (including phenoxy) is 1. The van der Waals surface area contributed by atoms with Crippen molar-refractivity contribution in [2.45, 2.75) is 33.6 Å². The Hall–Kier alpha value is -0.820. The van der Waals surface area contributed by atoms with Crippen LogP contribution in [0.5, 0.6) is 0 Å². The molecule has 0 aliphatic rings. The van der Waals surface area contributed by atoms with Crippen LogP contribution in [0, 0.1) is 0 Å². The van der Waals surface area contributed by atoms with E-state index in [1.165, 1.54) is 12.0 Å². The van der Waals surface area contributed by atoms with Gasteiger partial charge in [-0.15, -0.1) is 0 Å². The summed E-state index contributed by atoms with van der Waals surface area (Å²) in [6, 6.07) is 10.4. The van der Waals surface area contributed by atoms with E-state index >= 15 is 0 Å². The third-order valence-electron chi connectivity index (χ3n) is 1.58. The highest BCUT2D eigenvalue weighted by molar-refractivity contribution is 5.14. The van der Waals surface area contributed by atoms with Gasteiger partial charge in [-0.25, -0.2) is 0 Å². The molecule has 0 aliphatic heterocycles. The molecule has 0 saturated heterocycles. The first kappa shape index (κ1) is 13.2. The van der Waals surface area contributed by atoms with Gasteiger partial charge in [0.05, 0.1) is 6.61 Å². The van der Waals surface area contributed by atoms with E-state index in [1.54, 1.807) is 0 Å². The molecular weight excluding hydrogens is 172 g/mol. The summed E-state index contributed by atoms with van der Waals surface area (Å²) in [6.07, 6.45) is 2.27. The number of benzene rings is 1. The van der Waals surface area contributed by atoms with Crippen molar-refractivity contribution < 1.29 is 4.74 Å². The zero-order valence-corrected chi connectivity index (χ0v) is 9.62. The lowest BCUT2D eigenvalue weighted by molar-refractivity contribution is 0.151. The Morgan fingerprint density at radius 3 is 2.07 bits per heavy atom. The molecule has 80 valence electrons. The first-order valence-electron chi connectivity index (χ1n) is 5.46. The van der Waals surface area contributed by atoms with Crippen molar-refractivity contribution in [1.82, 2.24) is 0 Å². The summed E-state index contributed by atoms with van der Waals surface area (Å²) in [5.41, 5.74) is 1.35. The molecule has 0 amide bonds. The minimum absolute atomic E-state index is 0.812. The third-order valence-corrected chi connectivity index (χ3v) is 1.58. The monoisotopic (exact) mass is 194 g/mol. The summed E-state index contributed by atoms with van der Waals surface area (Å²) >= 11 is 0. The molecule has 0 bridgehead atoms. The van der Waals surface area contributed by atoms with Gasteiger partial charge in [-0.05, 0) is 18.9 Å². The summed E-state index contributed by atoms with van der Waals surface area (Å²) in [7, 11) is 0. The molecule has 0 unspecified atom stereocenters. The lowest BCUT2D eigenvalue weighted by Crippen LogP contribution is -1.96. The van der Waals surface area contributed by atoms with Crippen LogP contribution in [0.4, 0.5) is 0 Å². The molecule has 0 spiro atoms. The Morgan fingerprint density at radius 1 is 1.00 bits per heavy atom. The molecule has 0 aromatic heterocycles. The Labute approximate surface area is 88.1 Å². The minimum atomic E-state index is 0.812. The molecule has 1 aromatic carbocycles. The van der Waals surface area contributed by atoms with E-state index < -0.39 is 0 Å². The maximum absolute atomic E-state index is 5.24. The Bertz CT molecular complexity index is 194. The average Bonchev–Trinajstić information content (AvgIpc) is 2.21. The first-order chi connectivity index (χ1) is 6.85. The van der Waals surface area contributed by atoms with E-state index in [1.807, 2.05) is 13.0 Å². The number of hydrogen-bond donors (Lipinski definition) is 0. The van der Waals surface area contributed by atoms with Crippen molar-refractivity contribution in [2.24, 2.45) is 0 Å². The fourth-order valence-electron chi connectivity index (χ4n) is 0.979. The summed E-state index contributed by atoms with van der Waals surface area (Å²) in [6.45, 7) is 7.92. The number of hydrogen-bond acceptors (Lipinski definition) is 1. The molecule has 0 saturated carbocycles. The maximum Gasteiger partial charge on any atom is 0.0506 e. The summed E-state index contributed by atoms with van der Waals surface area (Å²) in [5.74, 6) is 0. The van der Waals surface area contributed by atoms with Gasteiger partial charge >= 0.3 is 0 Å². The average molecular weight is 194 g/mol. The molecule has 0 radical (unpaired) electrons. The Morgan fingerprint density at radius 2 is 1.57 bits per heavy atom. The maximum atomic E-state index is 5.24. The van der Waals surface area contributed by atoms with Crippen LogP contribution in [0.2, 0.25) is 0 Å². The van der Waals surface area contributed by atoms with Gasteiger partial charge < -0.3 is 4.74 Å². The van der Waals surface area contributed by atoms with E-state index in [0.717, 1.165) is 19.6 Å². The molecule has 0 heterocycles. The lowest BCUT2D eigenvalue weighted by Gasteiger charge is -2.00. The summed E-state index contributed by atoms with van der Waals surface area (Å²) in [4.78, 5) is 0. The van der Waals surface area contributed by atoms with Gasteiger partial charge in [0.15, 0.2) is 0 Å². The van der Waals surface area contributed by atoms with Crippen LogP contribution in [0.25, 0.3) is 0 Å². The summed E-state index contributed by atoms with van der Waals surface area (Å²) in [5, 5.41) is 0. The normalized spacial score (nSPS) is 9.07. The third kappa shape index (κ3) is 7.81. The quantitative estimate of drug-likeness (QED) is 0.664. The smallest absolute Gasteiger partial charge is 0.0506 e. The highest BCUT2D eigenvalue weighted by atomic mass is 16.5. The predicted octanol–water partition coefficient (Wildman–Crippen LogP) is 3.68. The van der Waals surface area contributed by atoms with Crippen LogP contribution in [-0.4, -0.2) is 13.2 Å². The second kappa shape index (κ2) is 10.3. The van der Waals surface area contributed by atoms with Gasteiger partial charge in [0.2, 0.25) is 0 Å². The first-order valence-corrected chi connectivity index (χ1v) is 5.46. The SMILES string of the molecule is CCC.CCOCCc1ccccc1. The topological polar surface area (TPSA) is 9.23 Å². The summed E-state index contributed by atoms with van der Waals surface area (Å²) < 4.78 is 5.24. The molecule has 0 atom stereocenters. The van der Waals surface area contributed by atoms with Crippen molar-refractivity contribution in [3.05, 3.63) is 35.9 Å². The van der Waals surface area contributed by atoms with Crippen molar-refractivity contribution in [1.29, 1.82) is 0 Å². The Balaban J connectivity index is 0.000000500. The van der Waals surface area contributed by atoms with Crippen LogP contribution in [-0.2, 0) is 11.2 Å². The molecular formula is C13H22O. The molecule has 0 aliphatic carbocycles. The van der Waals surface area contributed by atoms with Gasteiger partial charge in [-0.3, -0.25) is 0 Å². The largest absolute Gasteiger partial charge is 0.381 e. The van der Waals surface area contributed by atoms with Crippen LogP contribution < -0.4 is 0 Å². The molecule has 0 N–H and O–H groups in total. The predicted molar refractivity (Wildman–Crippen MR) is 62.6 cm³/mol. The molecule has 1 nitrogen and oxygen atoms in total. The van der Waals surface area contributed by atoms with Crippen LogP contribution in [0.1, 0.15) is 32.8 Å². The second-order valence-electron chi connectivity index (χ2n) is 3.14. The fraction of sp³-hybridized carbons (Fsp3) is 0.538. The zero-order chi connectivity index (χ0) is 10.6. The van der Waals surface area contributed by atoms with Gasteiger partial charge in [0.1, 0.15) is 0 Å². The lowest BCUT2D eigenvalue weighted by atomic mass is 10.2. The van der Waals surface area contributed by atoms with Crippen LogP contribution >= 0.6 is 0 Å². The van der Waals surface area contributed by atoms with E-state index in [9.17, 15) is 0 Å². The van der Waals surface area contributed by atoms with Crippen molar-refractivity contribution >= 4 is 0 Å². The highest BCUT2D eigenvalue weighted by Gasteiger charge is 1.89.